The number of ether oxygens (including phenoxy) is 2. The molecule has 1 fully saturated rings. The summed E-state index contributed by atoms with van der Waals surface area (Å²) in [7, 11) is 1.54. The van der Waals surface area contributed by atoms with Crippen LogP contribution in [0.5, 0.6) is 11.5 Å². The summed E-state index contributed by atoms with van der Waals surface area (Å²) < 4.78 is 11.1. The number of Topliss-reactive ketones (excluding diaryl/α,β-unsaturated/α-hetero) is 1. The number of carbonyl (C=O) groups excluding carboxylic acids is 1. The first-order valence-corrected chi connectivity index (χ1v) is 10.4. The fraction of sp³-hybridized carbons (Fsp3) is 0.458. The van der Waals surface area contributed by atoms with E-state index in [0.29, 0.717) is 23.6 Å². The van der Waals surface area contributed by atoms with Crippen molar-refractivity contribution in [3.8, 4) is 11.5 Å². The molecule has 1 atom stereocenters. The van der Waals surface area contributed by atoms with E-state index in [4.69, 9.17) is 9.47 Å². The molecule has 0 aliphatic carbocycles. The molecular weight excluding hydrogens is 380 g/mol. The van der Waals surface area contributed by atoms with Crippen molar-refractivity contribution < 1.29 is 19.4 Å². The second kappa shape index (κ2) is 9.96. The molecule has 162 valence electrons. The largest absolute Gasteiger partial charge is 0.493 e. The zero-order valence-electron chi connectivity index (χ0n) is 18.4. The Morgan fingerprint density at radius 3 is 2.40 bits per heavy atom. The van der Waals surface area contributed by atoms with Gasteiger partial charge >= 0.3 is 0 Å². The summed E-state index contributed by atoms with van der Waals surface area (Å²) in [5, 5.41) is 10.4. The molecular formula is C24H32N2O4. The van der Waals surface area contributed by atoms with Crippen LogP contribution >= 0.6 is 0 Å². The monoisotopic (exact) mass is 412 g/mol. The maximum absolute atomic E-state index is 11.5. The number of methoxy groups -OCH3 is 1. The number of hydrogen-bond acceptors (Lipinski definition) is 6. The molecule has 6 heteroatoms. The minimum Gasteiger partial charge on any atom is -0.493 e. The first kappa shape index (κ1) is 22.1. The van der Waals surface area contributed by atoms with Crippen LogP contribution in [0.2, 0.25) is 0 Å². The van der Waals surface area contributed by atoms with Gasteiger partial charge in [0.05, 0.1) is 7.11 Å². The molecule has 3 rings (SSSR count). The lowest BCUT2D eigenvalue weighted by Gasteiger charge is -2.37. The second-order valence-corrected chi connectivity index (χ2v) is 7.94. The average Bonchev–Trinajstić information content (AvgIpc) is 2.74. The number of anilines is 1. The summed E-state index contributed by atoms with van der Waals surface area (Å²) >= 11 is 0. The van der Waals surface area contributed by atoms with Crippen LogP contribution in [0.15, 0.2) is 36.4 Å². The van der Waals surface area contributed by atoms with E-state index >= 15 is 0 Å². The van der Waals surface area contributed by atoms with Crippen molar-refractivity contribution in [1.82, 2.24) is 4.90 Å². The van der Waals surface area contributed by atoms with Gasteiger partial charge in [-0.1, -0.05) is 6.07 Å². The Bertz CT molecular complexity index is 876. The Kier molecular flexibility index (Phi) is 7.34. The summed E-state index contributed by atoms with van der Waals surface area (Å²) in [6.45, 7) is 10.2. The van der Waals surface area contributed by atoms with Gasteiger partial charge in [-0.05, 0) is 62.2 Å². The van der Waals surface area contributed by atoms with Crippen molar-refractivity contribution in [2.24, 2.45) is 0 Å². The molecule has 0 aromatic heterocycles. The predicted molar refractivity (Wildman–Crippen MR) is 119 cm³/mol. The van der Waals surface area contributed by atoms with Crippen molar-refractivity contribution in [3.63, 3.8) is 0 Å². The summed E-state index contributed by atoms with van der Waals surface area (Å²) in [6.07, 6.45) is -0.602. The molecule has 1 saturated heterocycles. The van der Waals surface area contributed by atoms with Crippen LogP contribution < -0.4 is 14.4 Å². The summed E-state index contributed by atoms with van der Waals surface area (Å²) in [6, 6.07) is 11.7. The molecule has 1 aliphatic rings. The van der Waals surface area contributed by atoms with Gasteiger partial charge in [-0.25, -0.2) is 0 Å². The van der Waals surface area contributed by atoms with Gasteiger partial charge in [-0.3, -0.25) is 9.69 Å². The van der Waals surface area contributed by atoms with Crippen molar-refractivity contribution in [2.75, 3.05) is 51.3 Å². The van der Waals surface area contributed by atoms with Crippen LogP contribution in [0.3, 0.4) is 0 Å². The standard InChI is InChI=1S/C24H32N2O4/c1-17-5-7-21(13-18(17)2)26-11-9-25(10-12-26)15-22(28)16-30-23-8-6-20(19(3)27)14-24(23)29-4/h5-8,13-14,22,28H,9-12,15-16H2,1-4H3/t22-/m1/s1. The first-order valence-electron chi connectivity index (χ1n) is 10.4. The zero-order valence-corrected chi connectivity index (χ0v) is 18.4. The van der Waals surface area contributed by atoms with E-state index in [1.54, 1.807) is 18.2 Å². The number of aliphatic hydroxyl groups is 1. The van der Waals surface area contributed by atoms with E-state index in [-0.39, 0.29) is 12.4 Å². The number of aliphatic hydroxyl groups excluding tert-OH is 1. The number of piperazine rings is 1. The molecule has 2 aromatic rings. The summed E-state index contributed by atoms with van der Waals surface area (Å²) in [4.78, 5) is 16.2. The van der Waals surface area contributed by atoms with E-state index in [9.17, 15) is 9.90 Å². The van der Waals surface area contributed by atoms with Crippen molar-refractivity contribution in [3.05, 3.63) is 53.1 Å². The molecule has 2 aromatic carbocycles. The quantitative estimate of drug-likeness (QED) is 0.673. The number of rotatable bonds is 8. The van der Waals surface area contributed by atoms with Crippen LogP contribution in [0.25, 0.3) is 0 Å². The predicted octanol–water partition coefficient (Wildman–Crippen LogP) is 3.08. The molecule has 0 amide bonds. The Balaban J connectivity index is 1.47. The smallest absolute Gasteiger partial charge is 0.161 e. The highest BCUT2D eigenvalue weighted by Crippen LogP contribution is 2.28. The molecule has 0 spiro atoms. The van der Waals surface area contributed by atoms with Crippen LogP contribution in [-0.2, 0) is 0 Å². The van der Waals surface area contributed by atoms with Gasteiger partial charge in [-0.15, -0.1) is 0 Å². The van der Waals surface area contributed by atoms with Gasteiger partial charge in [0.15, 0.2) is 17.3 Å². The van der Waals surface area contributed by atoms with Gasteiger partial charge in [0, 0.05) is 44.0 Å². The van der Waals surface area contributed by atoms with E-state index in [1.807, 2.05) is 0 Å². The van der Waals surface area contributed by atoms with Gasteiger partial charge in [0.2, 0.25) is 0 Å². The lowest BCUT2D eigenvalue weighted by molar-refractivity contribution is 0.0653. The molecule has 0 unspecified atom stereocenters. The highest BCUT2D eigenvalue weighted by atomic mass is 16.5. The minimum absolute atomic E-state index is 0.0279. The van der Waals surface area contributed by atoms with E-state index in [0.717, 1.165) is 26.2 Å². The number of ketones is 1. The van der Waals surface area contributed by atoms with E-state index < -0.39 is 6.10 Å². The fourth-order valence-electron chi connectivity index (χ4n) is 3.65. The highest BCUT2D eigenvalue weighted by Gasteiger charge is 2.20. The molecule has 1 N–H and O–H groups in total. The zero-order chi connectivity index (χ0) is 21.7. The fourth-order valence-corrected chi connectivity index (χ4v) is 3.65. The maximum atomic E-state index is 11.5. The Labute approximate surface area is 179 Å². The molecule has 0 bridgehead atoms. The number of aryl methyl sites for hydroxylation is 2. The van der Waals surface area contributed by atoms with Crippen LogP contribution in [0.4, 0.5) is 5.69 Å². The van der Waals surface area contributed by atoms with Gasteiger partial charge in [0.25, 0.3) is 0 Å². The van der Waals surface area contributed by atoms with Crippen LogP contribution in [0, 0.1) is 13.8 Å². The Morgan fingerprint density at radius 2 is 1.77 bits per heavy atom. The third-order valence-electron chi connectivity index (χ3n) is 5.70. The topological polar surface area (TPSA) is 62.2 Å². The molecule has 30 heavy (non-hydrogen) atoms. The molecule has 0 radical (unpaired) electrons. The second-order valence-electron chi connectivity index (χ2n) is 7.94. The van der Waals surface area contributed by atoms with Gasteiger partial charge in [-0.2, -0.15) is 0 Å². The number of carbonyl (C=O) groups is 1. The first-order chi connectivity index (χ1) is 14.4. The molecule has 0 saturated carbocycles. The lowest BCUT2D eigenvalue weighted by atomic mass is 10.1. The highest BCUT2D eigenvalue weighted by molar-refractivity contribution is 5.94. The van der Waals surface area contributed by atoms with E-state index in [1.165, 1.54) is 30.8 Å². The van der Waals surface area contributed by atoms with Crippen molar-refractivity contribution in [2.45, 2.75) is 26.9 Å². The third kappa shape index (κ3) is 5.52. The molecule has 1 heterocycles. The Hall–Kier alpha value is -2.57. The van der Waals surface area contributed by atoms with Crippen molar-refractivity contribution >= 4 is 11.5 Å². The lowest BCUT2D eigenvalue weighted by Crippen LogP contribution is -2.49. The Morgan fingerprint density at radius 1 is 1.03 bits per heavy atom. The number of nitrogens with zero attached hydrogens (tertiary/aromatic N) is 2. The SMILES string of the molecule is COc1cc(C(C)=O)ccc1OC[C@H](O)CN1CCN(c2ccc(C)c(C)c2)CC1. The van der Waals surface area contributed by atoms with Gasteiger partial charge < -0.3 is 19.5 Å². The third-order valence-corrected chi connectivity index (χ3v) is 5.70. The van der Waals surface area contributed by atoms with Crippen LogP contribution in [-0.4, -0.2) is 68.3 Å². The maximum Gasteiger partial charge on any atom is 0.161 e. The number of β-amino-alcohol motifs (C(OH)–C–C–N with tert-alkyl or cyclic N) is 1. The summed E-state index contributed by atoms with van der Waals surface area (Å²) in [5.41, 5.74) is 4.46. The van der Waals surface area contributed by atoms with Crippen molar-refractivity contribution in [1.29, 1.82) is 0 Å². The molecule has 1 aliphatic heterocycles. The average molecular weight is 413 g/mol. The van der Waals surface area contributed by atoms with Gasteiger partial charge in [0.1, 0.15) is 12.7 Å². The normalized spacial score (nSPS) is 15.7. The molecule has 6 nitrogen and oxygen atoms in total. The van der Waals surface area contributed by atoms with E-state index in [2.05, 4.69) is 41.8 Å². The number of benzene rings is 2. The number of hydrogen-bond donors (Lipinski definition) is 1. The van der Waals surface area contributed by atoms with Crippen LogP contribution in [0.1, 0.15) is 28.4 Å². The minimum atomic E-state index is -0.602. The summed E-state index contributed by atoms with van der Waals surface area (Å²) in [5.74, 6) is 0.998.